The first-order chi connectivity index (χ1) is 12.8. The molecule has 2 aliphatic rings. The number of rotatable bonds is 6. The average molecular weight is 396 g/mol. The Balaban J connectivity index is 1.80. The molecular weight excluding hydrogens is 372 g/mol. The van der Waals surface area contributed by atoms with Crippen molar-refractivity contribution in [3.63, 3.8) is 0 Å². The summed E-state index contributed by atoms with van der Waals surface area (Å²) in [4.78, 5) is 24.8. The van der Waals surface area contributed by atoms with Gasteiger partial charge in [0.15, 0.2) is 0 Å². The van der Waals surface area contributed by atoms with E-state index in [9.17, 15) is 18.0 Å². The summed E-state index contributed by atoms with van der Waals surface area (Å²) >= 11 is 0. The van der Waals surface area contributed by atoms with Gasteiger partial charge in [-0.05, 0) is 49.9 Å². The topological polar surface area (TPSA) is 102 Å². The summed E-state index contributed by atoms with van der Waals surface area (Å²) in [6.07, 6.45) is 1.94. The lowest BCUT2D eigenvalue weighted by Gasteiger charge is -2.24. The van der Waals surface area contributed by atoms with E-state index < -0.39 is 27.9 Å². The van der Waals surface area contributed by atoms with E-state index in [0.29, 0.717) is 24.5 Å². The van der Waals surface area contributed by atoms with E-state index in [4.69, 9.17) is 9.47 Å². The van der Waals surface area contributed by atoms with Crippen LogP contribution in [0.5, 0.6) is 5.75 Å². The molecule has 0 radical (unpaired) electrons. The largest absolute Gasteiger partial charge is 0.496 e. The highest BCUT2D eigenvalue weighted by atomic mass is 32.2. The van der Waals surface area contributed by atoms with Gasteiger partial charge in [-0.3, -0.25) is 9.59 Å². The third-order valence-electron chi connectivity index (χ3n) is 4.91. The van der Waals surface area contributed by atoms with Gasteiger partial charge in [-0.15, -0.1) is 0 Å². The molecule has 2 heterocycles. The number of aryl methyl sites for hydroxylation is 1. The minimum Gasteiger partial charge on any atom is -0.496 e. The van der Waals surface area contributed by atoms with Gasteiger partial charge < -0.3 is 14.8 Å². The molecule has 0 bridgehead atoms. The quantitative estimate of drug-likeness (QED) is 0.769. The monoisotopic (exact) mass is 396 g/mol. The number of benzene rings is 1. The minimum atomic E-state index is -4.13. The molecule has 0 aromatic heterocycles. The lowest BCUT2D eigenvalue weighted by Crippen LogP contribution is -2.48. The van der Waals surface area contributed by atoms with E-state index in [1.807, 2.05) is 0 Å². The summed E-state index contributed by atoms with van der Waals surface area (Å²) in [6, 6.07) is 3.33. The van der Waals surface area contributed by atoms with Gasteiger partial charge in [0.25, 0.3) is 10.0 Å². The van der Waals surface area contributed by atoms with Crippen molar-refractivity contribution < 1.29 is 27.5 Å². The van der Waals surface area contributed by atoms with Crippen molar-refractivity contribution >= 4 is 21.8 Å². The maximum Gasteiger partial charge on any atom is 0.267 e. The van der Waals surface area contributed by atoms with Gasteiger partial charge in [-0.2, -0.15) is 0 Å². The van der Waals surface area contributed by atoms with Gasteiger partial charge in [0.2, 0.25) is 11.8 Å². The van der Waals surface area contributed by atoms with Gasteiger partial charge in [0.05, 0.1) is 18.1 Å². The lowest BCUT2D eigenvalue weighted by molar-refractivity contribution is -0.130. The predicted molar refractivity (Wildman–Crippen MR) is 96.8 cm³/mol. The number of hydrogen-bond donors (Lipinski definition) is 1. The van der Waals surface area contributed by atoms with Gasteiger partial charge in [-0.1, -0.05) is 0 Å². The van der Waals surface area contributed by atoms with Crippen LogP contribution >= 0.6 is 0 Å². The highest BCUT2D eigenvalue weighted by Crippen LogP contribution is 2.30. The fourth-order valence-electron chi connectivity index (χ4n) is 3.46. The second kappa shape index (κ2) is 7.85. The van der Waals surface area contributed by atoms with Crippen molar-refractivity contribution in [2.24, 2.45) is 0 Å². The van der Waals surface area contributed by atoms with E-state index in [1.54, 1.807) is 6.92 Å². The summed E-state index contributed by atoms with van der Waals surface area (Å²) in [5, 5.41) is 2.73. The van der Waals surface area contributed by atoms with Crippen LogP contribution in [0.1, 0.15) is 31.2 Å². The molecule has 8 nitrogen and oxygen atoms in total. The molecule has 2 amide bonds. The Morgan fingerprint density at radius 1 is 1.37 bits per heavy atom. The summed E-state index contributed by atoms with van der Waals surface area (Å²) in [7, 11) is -2.64. The van der Waals surface area contributed by atoms with Crippen LogP contribution in [-0.4, -0.2) is 56.9 Å². The molecule has 3 rings (SSSR count). The number of carbonyl (C=O) groups excluding carboxylic acids is 2. The first-order valence-electron chi connectivity index (χ1n) is 8.96. The number of carbonyl (C=O) groups is 2. The highest BCUT2D eigenvalue weighted by Gasteiger charge is 2.44. The molecule has 1 N–H and O–H groups in total. The van der Waals surface area contributed by atoms with Crippen LogP contribution in [-0.2, 0) is 24.3 Å². The Hall–Kier alpha value is -2.13. The predicted octanol–water partition coefficient (Wildman–Crippen LogP) is 0.979. The van der Waals surface area contributed by atoms with E-state index in [2.05, 4.69) is 5.32 Å². The number of sulfonamides is 1. The molecule has 27 heavy (non-hydrogen) atoms. The summed E-state index contributed by atoms with van der Waals surface area (Å²) in [5.41, 5.74) is 0.629. The number of hydrogen-bond acceptors (Lipinski definition) is 6. The number of ether oxygens (including phenoxy) is 2. The van der Waals surface area contributed by atoms with Gasteiger partial charge in [0.1, 0.15) is 11.8 Å². The molecule has 0 saturated carbocycles. The Kier molecular flexibility index (Phi) is 5.71. The molecule has 0 unspecified atom stereocenters. The van der Waals surface area contributed by atoms with Crippen LogP contribution in [0, 0.1) is 6.92 Å². The Labute approximate surface area is 158 Å². The lowest BCUT2D eigenvalue weighted by atomic mass is 10.2. The summed E-state index contributed by atoms with van der Waals surface area (Å²) < 4.78 is 37.4. The first-order valence-corrected chi connectivity index (χ1v) is 10.4. The summed E-state index contributed by atoms with van der Waals surface area (Å²) in [6.45, 7) is 2.70. The zero-order valence-corrected chi connectivity index (χ0v) is 16.3. The molecule has 1 aromatic carbocycles. The van der Waals surface area contributed by atoms with Crippen LogP contribution < -0.4 is 10.1 Å². The smallest absolute Gasteiger partial charge is 0.267 e. The SMILES string of the molecule is COc1ccc(S(=O)(=O)N2C(=O)CC[C@H]2C(=O)NC[C@H]2CCCO2)cc1C. The Bertz CT molecular complexity index is 832. The minimum absolute atomic E-state index is 0.0202. The van der Waals surface area contributed by atoms with E-state index in [1.165, 1.54) is 25.3 Å². The number of amides is 2. The normalized spacial score (nSPS) is 22.9. The van der Waals surface area contributed by atoms with Gasteiger partial charge in [0, 0.05) is 19.6 Å². The third kappa shape index (κ3) is 3.93. The fourth-order valence-corrected chi connectivity index (χ4v) is 5.15. The van der Waals surface area contributed by atoms with Gasteiger partial charge in [-0.25, -0.2) is 12.7 Å². The van der Waals surface area contributed by atoms with E-state index >= 15 is 0 Å². The van der Waals surface area contributed by atoms with Crippen LogP contribution in [0.25, 0.3) is 0 Å². The van der Waals surface area contributed by atoms with Crippen molar-refractivity contribution in [2.45, 2.75) is 49.6 Å². The molecule has 2 aliphatic heterocycles. The van der Waals surface area contributed by atoms with Crippen molar-refractivity contribution in [2.75, 3.05) is 20.3 Å². The molecule has 2 fully saturated rings. The standard InChI is InChI=1S/C18H24N2O6S/c1-12-10-14(5-7-16(12)25-2)27(23,24)20-15(6-8-17(20)21)18(22)19-11-13-4-3-9-26-13/h5,7,10,13,15H,3-4,6,8-9,11H2,1-2H3,(H,19,22)/t13-,15+/m1/s1. The number of nitrogens with zero attached hydrogens (tertiary/aromatic N) is 1. The fraction of sp³-hybridized carbons (Fsp3) is 0.556. The second-order valence-corrected chi connectivity index (χ2v) is 8.58. The molecule has 0 aliphatic carbocycles. The van der Waals surface area contributed by atoms with Crippen LogP contribution in [0.4, 0.5) is 0 Å². The van der Waals surface area contributed by atoms with Gasteiger partial charge >= 0.3 is 0 Å². The molecular formula is C18H24N2O6S. The molecule has 2 saturated heterocycles. The van der Waals surface area contributed by atoms with Crippen molar-refractivity contribution in [1.29, 1.82) is 0 Å². The second-order valence-electron chi connectivity index (χ2n) is 6.76. The molecule has 9 heteroatoms. The maximum atomic E-state index is 13.0. The number of methoxy groups -OCH3 is 1. The van der Waals surface area contributed by atoms with E-state index in [0.717, 1.165) is 17.1 Å². The molecule has 148 valence electrons. The Morgan fingerprint density at radius 3 is 2.78 bits per heavy atom. The molecule has 1 aromatic rings. The average Bonchev–Trinajstić information content (AvgIpc) is 3.29. The van der Waals surface area contributed by atoms with Crippen LogP contribution in [0.2, 0.25) is 0 Å². The zero-order valence-electron chi connectivity index (χ0n) is 15.4. The molecule has 2 atom stereocenters. The van der Waals surface area contributed by atoms with Crippen molar-refractivity contribution in [3.8, 4) is 5.75 Å². The van der Waals surface area contributed by atoms with Crippen molar-refractivity contribution in [1.82, 2.24) is 9.62 Å². The first kappa shape index (κ1) is 19.6. The van der Waals surface area contributed by atoms with Crippen molar-refractivity contribution in [3.05, 3.63) is 23.8 Å². The molecule has 0 spiro atoms. The summed E-state index contributed by atoms with van der Waals surface area (Å²) in [5.74, 6) is -0.488. The zero-order chi connectivity index (χ0) is 19.6. The maximum absolute atomic E-state index is 13.0. The van der Waals surface area contributed by atoms with Crippen LogP contribution in [0.15, 0.2) is 23.1 Å². The Morgan fingerprint density at radius 2 is 2.15 bits per heavy atom. The van der Waals surface area contributed by atoms with E-state index in [-0.39, 0.29) is 23.8 Å². The van der Waals surface area contributed by atoms with Crippen LogP contribution in [0.3, 0.4) is 0 Å². The third-order valence-corrected chi connectivity index (χ3v) is 6.74. The number of nitrogens with one attached hydrogen (secondary N) is 1. The highest BCUT2D eigenvalue weighted by molar-refractivity contribution is 7.89.